The number of amides is 3. The molecule has 1 rings (SSSR count). The molecule has 0 saturated carbocycles. The predicted octanol–water partition coefficient (Wildman–Crippen LogP) is 4.36. The van der Waals surface area contributed by atoms with Gasteiger partial charge in [-0.3, -0.25) is 0 Å². The van der Waals surface area contributed by atoms with Crippen LogP contribution in [0.5, 0.6) is 0 Å². The second-order valence-electron chi connectivity index (χ2n) is 9.83. The maximum absolute atomic E-state index is 12.8. The second-order valence-corrected chi connectivity index (χ2v) is 9.83. The number of carbonyl (C=O) groups is 3. The van der Waals surface area contributed by atoms with E-state index in [9.17, 15) is 14.4 Å². The van der Waals surface area contributed by atoms with Gasteiger partial charge in [-0.05, 0) is 47.1 Å². The fourth-order valence-corrected chi connectivity index (χ4v) is 2.51. The molecule has 9 nitrogen and oxygen atoms in total. The van der Waals surface area contributed by atoms with Crippen LogP contribution in [0.4, 0.5) is 14.4 Å². The van der Waals surface area contributed by atoms with Crippen molar-refractivity contribution in [3.63, 3.8) is 0 Å². The molecule has 0 aliphatic heterocycles. The Hall–Kier alpha value is -2.97. The standard InChI is InChI=1S/C24H39N3O6/c1-23(2,3)32-20(28)25(7)14-16-27(17-15-26(8)21(29)33-24(4,5)6)22(30)31-18-19-12-10-9-11-13-19/h9-13H,14-18H2,1-8H3. The summed E-state index contributed by atoms with van der Waals surface area (Å²) in [4.78, 5) is 41.5. The molecule has 0 fully saturated rings. The molecule has 1 aromatic carbocycles. The van der Waals surface area contributed by atoms with Gasteiger partial charge in [-0.1, -0.05) is 30.3 Å². The molecule has 0 saturated heterocycles. The molecule has 3 amide bonds. The summed E-state index contributed by atoms with van der Waals surface area (Å²) in [5.41, 5.74) is -0.367. The number of hydrogen-bond donors (Lipinski definition) is 0. The summed E-state index contributed by atoms with van der Waals surface area (Å²) in [5, 5.41) is 0. The van der Waals surface area contributed by atoms with Crippen LogP contribution in [0.3, 0.4) is 0 Å². The first-order valence-electron chi connectivity index (χ1n) is 11.0. The van der Waals surface area contributed by atoms with E-state index in [0.29, 0.717) is 0 Å². The van der Waals surface area contributed by atoms with Crippen LogP contribution in [0.2, 0.25) is 0 Å². The van der Waals surface area contributed by atoms with Crippen LogP contribution in [0.1, 0.15) is 47.1 Å². The highest BCUT2D eigenvalue weighted by Crippen LogP contribution is 2.11. The number of carbonyl (C=O) groups excluding carboxylic acids is 3. The van der Waals surface area contributed by atoms with Crippen molar-refractivity contribution in [1.82, 2.24) is 14.7 Å². The number of hydrogen-bond acceptors (Lipinski definition) is 6. The van der Waals surface area contributed by atoms with Gasteiger partial charge in [0.15, 0.2) is 0 Å². The number of ether oxygens (including phenoxy) is 3. The lowest BCUT2D eigenvalue weighted by Crippen LogP contribution is -2.45. The highest BCUT2D eigenvalue weighted by molar-refractivity contribution is 5.70. The Bertz CT molecular complexity index is 733. The van der Waals surface area contributed by atoms with Gasteiger partial charge >= 0.3 is 18.3 Å². The summed E-state index contributed by atoms with van der Waals surface area (Å²) in [6.45, 7) is 11.8. The van der Waals surface area contributed by atoms with E-state index >= 15 is 0 Å². The van der Waals surface area contributed by atoms with Gasteiger partial charge in [-0.15, -0.1) is 0 Å². The molecular formula is C24H39N3O6. The van der Waals surface area contributed by atoms with E-state index in [1.54, 1.807) is 55.6 Å². The number of likely N-dealkylation sites (N-methyl/N-ethyl adjacent to an activating group) is 2. The molecule has 0 unspecified atom stereocenters. The normalized spacial score (nSPS) is 11.4. The maximum Gasteiger partial charge on any atom is 0.410 e. The zero-order chi connectivity index (χ0) is 25.2. The zero-order valence-electron chi connectivity index (χ0n) is 21.2. The first kappa shape index (κ1) is 28.1. The molecule has 0 heterocycles. The van der Waals surface area contributed by atoms with Gasteiger partial charge in [0.2, 0.25) is 0 Å². The van der Waals surface area contributed by atoms with Crippen LogP contribution in [0.15, 0.2) is 30.3 Å². The van der Waals surface area contributed by atoms with Crippen molar-refractivity contribution < 1.29 is 28.6 Å². The smallest absolute Gasteiger partial charge is 0.410 e. The molecule has 0 atom stereocenters. The Balaban J connectivity index is 2.75. The van der Waals surface area contributed by atoms with Crippen LogP contribution in [0.25, 0.3) is 0 Å². The van der Waals surface area contributed by atoms with Crippen molar-refractivity contribution in [2.24, 2.45) is 0 Å². The van der Waals surface area contributed by atoms with E-state index in [1.807, 2.05) is 30.3 Å². The minimum atomic E-state index is -0.615. The lowest BCUT2D eigenvalue weighted by Gasteiger charge is -2.29. The van der Waals surface area contributed by atoms with Crippen molar-refractivity contribution in [2.75, 3.05) is 40.3 Å². The summed E-state index contributed by atoms with van der Waals surface area (Å²) in [6.07, 6.45) is -1.49. The van der Waals surface area contributed by atoms with Crippen molar-refractivity contribution in [3.8, 4) is 0 Å². The van der Waals surface area contributed by atoms with Crippen LogP contribution in [-0.4, -0.2) is 84.5 Å². The van der Waals surface area contributed by atoms with E-state index in [4.69, 9.17) is 14.2 Å². The fraction of sp³-hybridized carbons (Fsp3) is 0.625. The molecular weight excluding hydrogens is 426 g/mol. The van der Waals surface area contributed by atoms with E-state index in [1.165, 1.54) is 14.7 Å². The fourth-order valence-electron chi connectivity index (χ4n) is 2.51. The summed E-state index contributed by atoms with van der Waals surface area (Å²) in [5.74, 6) is 0. The third-order valence-electron chi connectivity index (χ3n) is 4.28. The van der Waals surface area contributed by atoms with Crippen LogP contribution < -0.4 is 0 Å². The Kier molecular flexibility index (Phi) is 10.5. The van der Waals surface area contributed by atoms with Crippen LogP contribution in [-0.2, 0) is 20.8 Å². The van der Waals surface area contributed by atoms with Crippen LogP contribution >= 0.6 is 0 Å². The van der Waals surface area contributed by atoms with Gasteiger partial charge in [-0.2, -0.15) is 0 Å². The average molecular weight is 466 g/mol. The molecule has 0 aliphatic rings. The summed E-state index contributed by atoms with van der Waals surface area (Å²) in [6, 6.07) is 9.35. The first-order valence-corrected chi connectivity index (χ1v) is 11.0. The Labute approximate surface area is 197 Å². The molecule has 0 radical (unpaired) electrons. The van der Waals surface area contributed by atoms with Crippen molar-refractivity contribution in [2.45, 2.75) is 59.4 Å². The predicted molar refractivity (Wildman–Crippen MR) is 126 cm³/mol. The molecule has 0 bridgehead atoms. The molecule has 9 heteroatoms. The first-order chi connectivity index (χ1) is 15.2. The Morgan fingerprint density at radius 1 is 0.697 bits per heavy atom. The van der Waals surface area contributed by atoms with Crippen LogP contribution in [0, 0.1) is 0 Å². The highest BCUT2D eigenvalue weighted by Gasteiger charge is 2.24. The number of benzene rings is 1. The summed E-state index contributed by atoms with van der Waals surface area (Å²) < 4.78 is 16.2. The molecule has 0 spiro atoms. The molecule has 0 N–H and O–H groups in total. The van der Waals surface area contributed by atoms with E-state index in [-0.39, 0.29) is 32.8 Å². The maximum atomic E-state index is 12.8. The van der Waals surface area contributed by atoms with E-state index in [2.05, 4.69) is 0 Å². The molecule has 1 aromatic rings. The average Bonchev–Trinajstić information content (AvgIpc) is 2.69. The SMILES string of the molecule is CN(CCN(CCN(C)C(=O)OC(C)(C)C)C(=O)OCc1ccccc1)C(=O)OC(C)(C)C. The van der Waals surface area contributed by atoms with Gasteiger partial charge in [0.25, 0.3) is 0 Å². The molecule has 0 aliphatic carbocycles. The van der Waals surface area contributed by atoms with Gasteiger partial charge in [0, 0.05) is 40.3 Å². The Morgan fingerprint density at radius 3 is 1.52 bits per heavy atom. The lowest BCUT2D eigenvalue weighted by atomic mass is 10.2. The third-order valence-corrected chi connectivity index (χ3v) is 4.28. The number of nitrogens with zero attached hydrogens (tertiary/aromatic N) is 3. The summed E-state index contributed by atoms with van der Waals surface area (Å²) >= 11 is 0. The summed E-state index contributed by atoms with van der Waals surface area (Å²) in [7, 11) is 3.21. The highest BCUT2D eigenvalue weighted by atomic mass is 16.6. The van der Waals surface area contributed by atoms with Crippen molar-refractivity contribution >= 4 is 18.3 Å². The molecule has 0 aromatic heterocycles. The Morgan fingerprint density at radius 2 is 1.12 bits per heavy atom. The van der Waals surface area contributed by atoms with Gasteiger partial charge in [0.05, 0.1) is 0 Å². The lowest BCUT2D eigenvalue weighted by molar-refractivity contribution is 0.0250. The topological polar surface area (TPSA) is 88.6 Å². The minimum Gasteiger partial charge on any atom is -0.445 e. The van der Waals surface area contributed by atoms with Gasteiger partial charge in [0.1, 0.15) is 17.8 Å². The minimum absolute atomic E-state index is 0.125. The van der Waals surface area contributed by atoms with E-state index < -0.39 is 29.5 Å². The molecule has 33 heavy (non-hydrogen) atoms. The van der Waals surface area contributed by atoms with Gasteiger partial charge in [-0.25, -0.2) is 14.4 Å². The second kappa shape index (κ2) is 12.3. The van der Waals surface area contributed by atoms with Gasteiger partial charge < -0.3 is 28.9 Å². The third kappa shape index (κ3) is 12.0. The largest absolute Gasteiger partial charge is 0.445 e. The number of rotatable bonds is 8. The quantitative estimate of drug-likeness (QED) is 0.530. The molecule has 186 valence electrons. The van der Waals surface area contributed by atoms with Crippen molar-refractivity contribution in [1.29, 1.82) is 0 Å². The zero-order valence-corrected chi connectivity index (χ0v) is 21.2. The van der Waals surface area contributed by atoms with E-state index in [0.717, 1.165) is 5.56 Å². The monoisotopic (exact) mass is 465 g/mol. The van der Waals surface area contributed by atoms with Crippen molar-refractivity contribution in [3.05, 3.63) is 35.9 Å².